The third-order valence-corrected chi connectivity index (χ3v) is 7.26. The molecule has 0 saturated carbocycles. The van der Waals surface area contributed by atoms with Crippen LogP contribution in [0.3, 0.4) is 0 Å². The maximum absolute atomic E-state index is 13.0. The van der Waals surface area contributed by atoms with Gasteiger partial charge in [0.25, 0.3) is 5.91 Å². The van der Waals surface area contributed by atoms with Gasteiger partial charge in [-0.2, -0.15) is 0 Å². The number of thiophene rings is 1. The van der Waals surface area contributed by atoms with E-state index < -0.39 is 11.7 Å². The predicted octanol–water partition coefficient (Wildman–Crippen LogP) is 3.16. The summed E-state index contributed by atoms with van der Waals surface area (Å²) < 4.78 is 13.8. The van der Waals surface area contributed by atoms with Gasteiger partial charge in [0.1, 0.15) is 17.2 Å². The maximum atomic E-state index is 13.0. The van der Waals surface area contributed by atoms with E-state index in [4.69, 9.17) is 9.47 Å². The van der Waals surface area contributed by atoms with Crippen LogP contribution in [0.4, 0.5) is 0 Å². The molecule has 1 amide bonds. The van der Waals surface area contributed by atoms with Gasteiger partial charge in [-0.3, -0.25) is 9.69 Å². The van der Waals surface area contributed by atoms with E-state index in [-0.39, 0.29) is 5.91 Å². The molecule has 0 unspecified atom stereocenters. The number of imidazole rings is 1. The zero-order chi connectivity index (χ0) is 22.0. The Hall–Kier alpha value is -2.68. The highest BCUT2D eigenvalue weighted by molar-refractivity contribution is 7.09. The van der Waals surface area contributed by atoms with Gasteiger partial charge in [0.2, 0.25) is 0 Å². The van der Waals surface area contributed by atoms with E-state index in [0.717, 1.165) is 49.6 Å². The molecule has 1 spiro atoms. The van der Waals surface area contributed by atoms with Crippen LogP contribution >= 0.6 is 11.3 Å². The summed E-state index contributed by atoms with van der Waals surface area (Å²) in [5.74, 6) is 1.67. The summed E-state index contributed by atoms with van der Waals surface area (Å²) in [6, 6.07) is 12.0. The Kier molecular flexibility index (Phi) is 5.99. The first-order chi connectivity index (χ1) is 15.6. The Morgan fingerprint density at radius 1 is 1.28 bits per heavy atom. The summed E-state index contributed by atoms with van der Waals surface area (Å²) >= 11 is 1.79. The molecule has 32 heavy (non-hydrogen) atoms. The minimum Gasteiger partial charge on any atom is -0.497 e. The standard InChI is InChI=1S/C24H28N4O3S/c1-30-19-6-4-18(5-7-19)15-26-22(29)21-17-28-13-10-25-23(28)24(31-21)8-11-27(12-9-24)16-20-3-2-14-32-20/h2-7,10,13-14,21H,8-9,11-12,15-17H2,1H3,(H,26,29)/t21-/m1/s1. The number of rotatable bonds is 6. The van der Waals surface area contributed by atoms with Gasteiger partial charge in [0, 0.05) is 43.4 Å². The van der Waals surface area contributed by atoms with Crippen molar-refractivity contribution >= 4 is 17.2 Å². The summed E-state index contributed by atoms with van der Waals surface area (Å²) in [7, 11) is 1.64. The normalized spacial score (nSPS) is 20.1. The topological polar surface area (TPSA) is 68.6 Å². The zero-order valence-electron chi connectivity index (χ0n) is 18.2. The van der Waals surface area contributed by atoms with Crippen LogP contribution in [0.15, 0.2) is 54.2 Å². The number of methoxy groups -OCH3 is 1. The molecule has 0 bridgehead atoms. The summed E-state index contributed by atoms with van der Waals surface area (Å²) in [6.07, 6.45) is 4.91. The van der Waals surface area contributed by atoms with Crippen molar-refractivity contribution in [1.29, 1.82) is 0 Å². The smallest absolute Gasteiger partial charge is 0.251 e. The van der Waals surface area contributed by atoms with Crippen molar-refractivity contribution in [2.45, 2.75) is 44.2 Å². The quantitative estimate of drug-likeness (QED) is 0.622. The summed E-state index contributed by atoms with van der Waals surface area (Å²) in [6.45, 7) is 3.76. The minimum absolute atomic E-state index is 0.0828. The van der Waals surface area contributed by atoms with E-state index in [2.05, 4.69) is 37.3 Å². The average molecular weight is 453 g/mol. The molecule has 8 heteroatoms. The van der Waals surface area contributed by atoms with Crippen LogP contribution in [0.2, 0.25) is 0 Å². The third kappa shape index (κ3) is 4.30. The van der Waals surface area contributed by atoms with Gasteiger partial charge < -0.3 is 19.4 Å². The maximum Gasteiger partial charge on any atom is 0.251 e. The molecule has 0 radical (unpaired) electrons. The second-order valence-electron chi connectivity index (χ2n) is 8.43. The summed E-state index contributed by atoms with van der Waals surface area (Å²) in [4.78, 5) is 21.5. The van der Waals surface area contributed by atoms with Crippen molar-refractivity contribution in [1.82, 2.24) is 19.8 Å². The molecule has 1 N–H and O–H groups in total. The van der Waals surface area contributed by atoms with Crippen molar-refractivity contribution in [3.8, 4) is 5.75 Å². The molecule has 7 nitrogen and oxygen atoms in total. The highest BCUT2D eigenvalue weighted by atomic mass is 32.1. The van der Waals surface area contributed by atoms with Crippen LogP contribution in [0, 0.1) is 0 Å². The highest BCUT2D eigenvalue weighted by Crippen LogP contribution is 2.40. The first kappa shape index (κ1) is 21.2. The molecule has 5 rings (SSSR count). The van der Waals surface area contributed by atoms with Crippen molar-refractivity contribution in [3.63, 3.8) is 0 Å². The predicted molar refractivity (Wildman–Crippen MR) is 122 cm³/mol. The monoisotopic (exact) mass is 452 g/mol. The molecule has 1 fully saturated rings. The van der Waals surface area contributed by atoms with Crippen molar-refractivity contribution < 1.29 is 14.3 Å². The van der Waals surface area contributed by atoms with Crippen LogP contribution in [-0.4, -0.2) is 46.7 Å². The molecular weight excluding hydrogens is 424 g/mol. The van der Waals surface area contributed by atoms with Gasteiger partial charge in [0.05, 0.1) is 13.7 Å². The number of hydrogen-bond donors (Lipinski definition) is 1. The number of likely N-dealkylation sites (tertiary alicyclic amines) is 1. The van der Waals surface area contributed by atoms with Crippen LogP contribution in [0.25, 0.3) is 0 Å². The first-order valence-corrected chi connectivity index (χ1v) is 11.9. The molecule has 0 aliphatic carbocycles. The number of nitrogens with one attached hydrogen (secondary N) is 1. The molecule has 4 heterocycles. The molecule has 1 aromatic carbocycles. The van der Waals surface area contributed by atoms with Gasteiger partial charge in [-0.15, -0.1) is 11.3 Å². The number of hydrogen-bond acceptors (Lipinski definition) is 6. The Morgan fingerprint density at radius 2 is 2.09 bits per heavy atom. The van der Waals surface area contributed by atoms with Gasteiger partial charge in [-0.1, -0.05) is 18.2 Å². The van der Waals surface area contributed by atoms with E-state index in [0.29, 0.717) is 13.1 Å². The number of fused-ring (bicyclic) bond motifs is 2. The Balaban J connectivity index is 1.24. The van der Waals surface area contributed by atoms with Crippen LogP contribution in [0.5, 0.6) is 5.75 Å². The summed E-state index contributed by atoms with van der Waals surface area (Å²) in [5.41, 5.74) is 0.519. The Bertz CT molecular complexity index is 1040. The lowest BCUT2D eigenvalue weighted by Gasteiger charge is -2.45. The number of carbonyl (C=O) groups excluding carboxylic acids is 1. The average Bonchev–Trinajstić information content (AvgIpc) is 3.52. The number of benzene rings is 1. The Labute approximate surface area is 192 Å². The number of nitrogens with zero attached hydrogens (tertiary/aromatic N) is 3. The molecule has 2 aliphatic rings. The second kappa shape index (κ2) is 9.05. The van der Waals surface area contributed by atoms with E-state index in [1.165, 1.54) is 4.88 Å². The number of carbonyl (C=O) groups is 1. The first-order valence-electron chi connectivity index (χ1n) is 11.0. The zero-order valence-corrected chi connectivity index (χ0v) is 19.0. The lowest BCUT2D eigenvalue weighted by molar-refractivity contribution is -0.174. The van der Waals surface area contributed by atoms with Gasteiger partial charge in [0.15, 0.2) is 6.10 Å². The molecular formula is C24H28N4O3S. The van der Waals surface area contributed by atoms with Gasteiger partial charge in [-0.25, -0.2) is 4.98 Å². The fourth-order valence-electron chi connectivity index (χ4n) is 4.62. The van der Waals surface area contributed by atoms with Gasteiger partial charge >= 0.3 is 0 Å². The largest absolute Gasteiger partial charge is 0.497 e. The second-order valence-corrected chi connectivity index (χ2v) is 9.46. The molecule has 1 atom stereocenters. The summed E-state index contributed by atoms with van der Waals surface area (Å²) in [5, 5.41) is 5.16. The highest BCUT2D eigenvalue weighted by Gasteiger charge is 2.47. The van der Waals surface area contributed by atoms with E-state index in [1.54, 1.807) is 18.4 Å². The lowest BCUT2D eigenvalue weighted by atomic mass is 9.88. The van der Waals surface area contributed by atoms with Crippen LogP contribution in [-0.2, 0) is 34.8 Å². The van der Waals surface area contributed by atoms with Crippen LogP contribution < -0.4 is 10.1 Å². The van der Waals surface area contributed by atoms with Crippen molar-refractivity contribution in [2.24, 2.45) is 0 Å². The van der Waals surface area contributed by atoms with Gasteiger partial charge in [-0.05, 0) is 42.0 Å². The fraction of sp³-hybridized carbons (Fsp3) is 0.417. The van der Waals surface area contributed by atoms with E-state index >= 15 is 0 Å². The lowest BCUT2D eigenvalue weighted by Crippen LogP contribution is -2.53. The SMILES string of the molecule is COc1ccc(CNC(=O)[C@H]2Cn3ccnc3C3(CCN(Cc4cccs4)CC3)O2)cc1. The van der Waals surface area contributed by atoms with E-state index in [1.807, 2.05) is 36.7 Å². The number of aromatic nitrogens is 2. The fourth-order valence-corrected chi connectivity index (χ4v) is 5.36. The molecule has 1 saturated heterocycles. The Morgan fingerprint density at radius 3 is 2.81 bits per heavy atom. The van der Waals surface area contributed by atoms with Crippen LogP contribution in [0.1, 0.15) is 29.1 Å². The van der Waals surface area contributed by atoms with Crippen molar-refractivity contribution in [3.05, 3.63) is 70.4 Å². The molecule has 2 aromatic heterocycles. The van der Waals surface area contributed by atoms with Crippen molar-refractivity contribution in [2.75, 3.05) is 20.2 Å². The third-order valence-electron chi connectivity index (χ3n) is 6.39. The number of piperidine rings is 1. The number of amides is 1. The molecule has 2 aliphatic heterocycles. The minimum atomic E-state index is -0.529. The molecule has 3 aromatic rings. The number of ether oxygens (including phenoxy) is 2. The van der Waals surface area contributed by atoms with E-state index in [9.17, 15) is 4.79 Å². The molecule has 168 valence electrons.